The number of esters is 2. The Balaban J connectivity index is 2.62. The second-order valence-electron chi connectivity index (χ2n) is 4.51. The third kappa shape index (κ3) is 6.30. The first-order chi connectivity index (χ1) is 11.8. The Hall–Kier alpha value is 0.0500. The monoisotopic (exact) mass is 734 g/mol. The second kappa shape index (κ2) is 9.50. The molecule has 0 saturated carbocycles. The highest BCUT2D eigenvalue weighted by Crippen LogP contribution is 2.27. The molecule has 0 radical (unpaired) electrons. The van der Waals surface area contributed by atoms with Gasteiger partial charge in [-0.1, -0.05) is 0 Å². The predicted molar refractivity (Wildman–Crippen MR) is 107 cm³/mol. The molecule has 0 aromatic heterocycles. The van der Waals surface area contributed by atoms with Gasteiger partial charge in [-0.25, -0.2) is 14.0 Å². The standard InChI is InChI=1S/C12H8F3I3O7S/c13-8(12(14,15)26(21,22)23)3-24-9(19)4-25-11(20)6-1-5(16)2-7(17)10(6)18/h1-2,8H,3-4H2,(H,21,22,23). The highest BCUT2D eigenvalue weighted by Gasteiger charge is 2.53. The summed E-state index contributed by atoms with van der Waals surface area (Å²) in [7, 11) is -6.01. The summed E-state index contributed by atoms with van der Waals surface area (Å²) in [6.07, 6.45) is -3.49. The van der Waals surface area contributed by atoms with E-state index in [1.807, 2.05) is 67.8 Å². The van der Waals surface area contributed by atoms with E-state index in [0.29, 0.717) is 3.57 Å². The fourth-order valence-electron chi connectivity index (χ4n) is 1.37. The van der Waals surface area contributed by atoms with Crippen molar-refractivity contribution < 1.29 is 45.2 Å². The van der Waals surface area contributed by atoms with Crippen molar-refractivity contribution in [1.29, 1.82) is 0 Å². The number of benzene rings is 1. The summed E-state index contributed by atoms with van der Waals surface area (Å²) < 4.78 is 78.8. The van der Waals surface area contributed by atoms with Crippen LogP contribution in [-0.2, 0) is 24.4 Å². The average Bonchev–Trinajstić information content (AvgIpc) is 2.52. The first-order valence-corrected chi connectivity index (χ1v) is 10.9. The smallest absolute Gasteiger partial charge is 0.403 e. The Bertz CT molecular complexity index is 817. The average molecular weight is 734 g/mol. The van der Waals surface area contributed by atoms with Crippen LogP contribution in [0.1, 0.15) is 10.4 Å². The van der Waals surface area contributed by atoms with Crippen molar-refractivity contribution in [3.63, 3.8) is 0 Å². The van der Waals surface area contributed by atoms with Gasteiger partial charge in [-0.05, 0) is 79.9 Å². The second-order valence-corrected chi connectivity index (χ2v) is 9.49. The van der Waals surface area contributed by atoms with Gasteiger partial charge >= 0.3 is 27.3 Å². The van der Waals surface area contributed by atoms with Crippen LogP contribution < -0.4 is 0 Å². The molecule has 1 atom stereocenters. The minimum absolute atomic E-state index is 0.163. The largest absolute Gasteiger partial charge is 0.460 e. The maximum atomic E-state index is 13.2. The number of carbonyl (C=O) groups excluding carboxylic acids is 2. The molecular weight excluding hydrogens is 726 g/mol. The van der Waals surface area contributed by atoms with Crippen LogP contribution in [0.4, 0.5) is 13.2 Å². The van der Waals surface area contributed by atoms with E-state index < -0.39 is 46.7 Å². The molecule has 26 heavy (non-hydrogen) atoms. The third-order valence-electron chi connectivity index (χ3n) is 2.63. The van der Waals surface area contributed by atoms with E-state index in [0.717, 1.165) is 7.14 Å². The zero-order valence-corrected chi connectivity index (χ0v) is 19.5. The van der Waals surface area contributed by atoms with Gasteiger partial charge in [0.1, 0.15) is 6.61 Å². The molecule has 0 fully saturated rings. The summed E-state index contributed by atoms with van der Waals surface area (Å²) in [6, 6.07) is 3.30. The Morgan fingerprint density at radius 3 is 2.31 bits per heavy atom. The van der Waals surface area contributed by atoms with Crippen molar-refractivity contribution in [2.45, 2.75) is 11.4 Å². The van der Waals surface area contributed by atoms with Gasteiger partial charge in [-0.3, -0.25) is 4.55 Å². The normalized spacial score (nSPS) is 13.2. The highest BCUT2D eigenvalue weighted by molar-refractivity contribution is 14.1. The van der Waals surface area contributed by atoms with Crippen LogP contribution in [-0.4, -0.2) is 49.5 Å². The molecule has 1 aromatic carbocycles. The number of rotatable bonds is 7. The van der Waals surface area contributed by atoms with Crippen LogP contribution in [0.3, 0.4) is 0 Å². The summed E-state index contributed by atoms with van der Waals surface area (Å²) >= 11 is 5.85. The predicted octanol–water partition coefficient (Wildman–Crippen LogP) is 3.02. The van der Waals surface area contributed by atoms with Gasteiger partial charge < -0.3 is 9.47 Å². The number of ether oxygens (including phenoxy) is 2. The van der Waals surface area contributed by atoms with Gasteiger partial charge in [-0.15, -0.1) is 0 Å². The molecule has 0 aliphatic carbocycles. The fourth-order valence-corrected chi connectivity index (χ4v) is 4.14. The van der Waals surface area contributed by atoms with Gasteiger partial charge in [0.2, 0.25) is 6.17 Å². The zero-order chi connectivity index (χ0) is 20.3. The Kier molecular flexibility index (Phi) is 8.80. The molecule has 1 N–H and O–H groups in total. The van der Waals surface area contributed by atoms with Gasteiger partial charge in [0.15, 0.2) is 6.61 Å². The zero-order valence-electron chi connectivity index (χ0n) is 12.2. The van der Waals surface area contributed by atoms with Crippen molar-refractivity contribution in [2.75, 3.05) is 13.2 Å². The molecule has 0 amide bonds. The molecule has 0 aliphatic rings. The van der Waals surface area contributed by atoms with Crippen LogP contribution >= 0.6 is 67.8 Å². The van der Waals surface area contributed by atoms with E-state index in [2.05, 4.69) is 9.47 Å². The molecule has 0 heterocycles. The molecule has 0 bridgehead atoms. The van der Waals surface area contributed by atoms with Crippen molar-refractivity contribution in [3.8, 4) is 0 Å². The highest BCUT2D eigenvalue weighted by atomic mass is 127. The van der Waals surface area contributed by atoms with Gasteiger partial charge in [0, 0.05) is 10.7 Å². The van der Waals surface area contributed by atoms with Crippen molar-refractivity contribution >= 4 is 89.8 Å². The molecule has 146 valence electrons. The number of hydrogen-bond donors (Lipinski definition) is 1. The number of carbonyl (C=O) groups is 2. The van der Waals surface area contributed by atoms with Crippen molar-refractivity contribution in [3.05, 3.63) is 28.4 Å². The lowest BCUT2D eigenvalue weighted by molar-refractivity contribution is -0.152. The lowest BCUT2D eigenvalue weighted by Crippen LogP contribution is -2.41. The Morgan fingerprint density at radius 1 is 1.19 bits per heavy atom. The van der Waals surface area contributed by atoms with E-state index in [-0.39, 0.29) is 5.56 Å². The molecule has 7 nitrogen and oxygen atoms in total. The van der Waals surface area contributed by atoms with E-state index in [1.54, 1.807) is 6.07 Å². The molecule has 0 aliphatic heterocycles. The van der Waals surface area contributed by atoms with E-state index >= 15 is 0 Å². The van der Waals surface area contributed by atoms with Gasteiger partial charge in [0.25, 0.3) is 0 Å². The van der Waals surface area contributed by atoms with E-state index in [9.17, 15) is 31.2 Å². The Morgan fingerprint density at radius 2 is 1.77 bits per heavy atom. The topological polar surface area (TPSA) is 107 Å². The molecular formula is C12H8F3I3O7S. The van der Waals surface area contributed by atoms with Crippen LogP contribution in [0.25, 0.3) is 0 Å². The Labute approximate surface area is 186 Å². The maximum Gasteiger partial charge on any atom is 0.403 e. The molecule has 1 aromatic rings. The lowest BCUT2D eigenvalue weighted by atomic mass is 10.2. The third-order valence-corrected chi connectivity index (χ3v) is 7.24. The van der Waals surface area contributed by atoms with E-state index in [1.165, 1.54) is 6.07 Å². The quantitative estimate of drug-likeness (QED) is 0.199. The first-order valence-electron chi connectivity index (χ1n) is 6.23. The first kappa shape index (κ1) is 24.1. The molecule has 1 rings (SSSR count). The molecule has 0 saturated heterocycles. The maximum absolute atomic E-state index is 13.2. The van der Waals surface area contributed by atoms with Crippen molar-refractivity contribution in [2.24, 2.45) is 0 Å². The minimum Gasteiger partial charge on any atom is -0.460 e. The summed E-state index contributed by atoms with van der Waals surface area (Å²) in [4.78, 5) is 23.3. The lowest BCUT2D eigenvalue weighted by Gasteiger charge is -2.17. The summed E-state index contributed by atoms with van der Waals surface area (Å²) in [5, 5.41) is -5.14. The summed E-state index contributed by atoms with van der Waals surface area (Å²) in [5.74, 6) is -2.26. The van der Waals surface area contributed by atoms with Crippen LogP contribution in [0.15, 0.2) is 12.1 Å². The summed E-state index contributed by atoms with van der Waals surface area (Å²) in [6.45, 7) is -2.65. The number of hydrogen-bond acceptors (Lipinski definition) is 6. The molecule has 1 unspecified atom stereocenters. The number of alkyl halides is 3. The summed E-state index contributed by atoms with van der Waals surface area (Å²) in [5.41, 5.74) is 0.163. The van der Waals surface area contributed by atoms with Crippen molar-refractivity contribution in [1.82, 2.24) is 0 Å². The molecule has 14 heteroatoms. The van der Waals surface area contributed by atoms with E-state index in [4.69, 9.17) is 4.55 Å². The fraction of sp³-hybridized carbons (Fsp3) is 0.333. The number of halogens is 6. The van der Waals surface area contributed by atoms with Crippen LogP contribution in [0, 0.1) is 10.7 Å². The minimum atomic E-state index is -6.01. The van der Waals surface area contributed by atoms with Crippen LogP contribution in [0.5, 0.6) is 0 Å². The molecule has 0 spiro atoms. The van der Waals surface area contributed by atoms with Crippen LogP contribution in [0.2, 0.25) is 0 Å². The van der Waals surface area contributed by atoms with Gasteiger partial charge in [0.05, 0.1) is 5.56 Å². The van der Waals surface area contributed by atoms with Gasteiger partial charge in [-0.2, -0.15) is 17.2 Å². The SMILES string of the molecule is O=C(COC(=O)c1cc(I)cc(I)c1I)OCC(F)C(F)(F)S(=O)(=O)O.